The van der Waals surface area contributed by atoms with Crippen molar-refractivity contribution < 1.29 is 8.42 Å². The van der Waals surface area contributed by atoms with Crippen molar-refractivity contribution in [2.24, 2.45) is 0 Å². The Labute approximate surface area is 116 Å². The van der Waals surface area contributed by atoms with Crippen LogP contribution in [-0.2, 0) is 10.0 Å². The maximum absolute atomic E-state index is 12.4. The first-order valence-corrected chi connectivity index (χ1v) is 8.09. The molecular formula is C11H15IN2O2S. The first kappa shape index (κ1) is 13.3. The lowest BCUT2D eigenvalue weighted by molar-refractivity contribution is 0.432. The molecule has 1 fully saturated rings. The molecule has 0 radical (unpaired) electrons. The predicted molar refractivity (Wildman–Crippen MR) is 75.4 cm³/mol. The molecular weight excluding hydrogens is 351 g/mol. The Morgan fingerprint density at radius 2 is 2.06 bits per heavy atom. The molecule has 0 unspecified atom stereocenters. The maximum Gasteiger partial charge on any atom is 0.243 e. The Bertz CT molecular complexity index is 482. The summed E-state index contributed by atoms with van der Waals surface area (Å²) in [6, 6.07) is 7.05. The number of hydrogen-bond acceptors (Lipinski definition) is 3. The SMILES string of the molecule is O=S(=O)(c1cccc(I)c1)N1CCCNCC1. The molecule has 0 amide bonds. The zero-order chi connectivity index (χ0) is 12.3. The third kappa shape index (κ3) is 3.18. The summed E-state index contributed by atoms with van der Waals surface area (Å²) in [5.74, 6) is 0. The second kappa shape index (κ2) is 5.64. The summed E-state index contributed by atoms with van der Waals surface area (Å²) in [6.45, 7) is 2.76. The normalized spacial score (nSPS) is 18.9. The third-order valence-electron chi connectivity index (χ3n) is 2.73. The summed E-state index contributed by atoms with van der Waals surface area (Å²) in [6.07, 6.45) is 0.864. The van der Waals surface area contributed by atoms with Crippen molar-refractivity contribution >= 4 is 32.6 Å². The Morgan fingerprint density at radius 1 is 1.24 bits per heavy atom. The number of hydrogen-bond donors (Lipinski definition) is 1. The molecule has 6 heteroatoms. The highest BCUT2D eigenvalue weighted by Gasteiger charge is 2.24. The summed E-state index contributed by atoms with van der Waals surface area (Å²) in [5, 5.41) is 3.20. The average Bonchev–Trinajstić information content (AvgIpc) is 2.58. The summed E-state index contributed by atoms with van der Waals surface area (Å²) in [7, 11) is -3.32. The van der Waals surface area contributed by atoms with Crippen LogP contribution in [0, 0.1) is 3.57 Å². The molecule has 1 aliphatic heterocycles. The van der Waals surface area contributed by atoms with Gasteiger partial charge in [-0.3, -0.25) is 0 Å². The second-order valence-corrected chi connectivity index (χ2v) is 7.15. The second-order valence-electron chi connectivity index (χ2n) is 3.97. The molecule has 1 N–H and O–H groups in total. The van der Waals surface area contributed by atoms with E-state index in [4.69, 9.17) is 0 Å². The van der Waals surface area contributed by atoms with Gasteiger partial charge in [-0.05, 0) is 53.8 Å². The van der Waals surface area contributed by atoms with Gasteiger partial charge in [-0.2, -0.15) is 4.31 Å². The van der Waals surface area contributed by atoms with Gasteiger partial charge in [0.1, 0.15) is 0 Å². The monoisotopic (exact) mass is 366 g/mol. The smallest absolute Gasteiger partial charge is 0.243 e. The molecule has 1 heterocycles. The fraction of sp³-hybridized carbons (Fsp3) is 0.455. The van der Waals surface area contributed by atoms with Gasteiger partial charge in [0.15, 0.2) is 0 Å². The first-order chi connectivity index (χ1) is 8.10. The van der Waals surface area contributed by atoms with Crippen LogP contribution in [0.4, 0.5) is 0 Å². The van der Waals surface area contributed by atoms with E-state index in [9.17, 15) is 8.42 Å². The first-order valence-electron chi connectivity index (χ1n) is 5.57. The van der Waals surface area contributed by atoms with Crippen molar-refractivity contribution in [3.8, 4) is 0 Å². The number of nitrogens with one attached hydrogen (secondary N) is 1. The number of rotatable bonds is 2. The van der Waals surface area contributed by atoms with Crippen LogP contribution in [-0.4, -0.2) is 38.9 Å². The standard InChI is InChI=1S/C11H15IN2O2S/c12-10-3-1-4-11(9-10)17(15,16)14-7-2-5-13-6-8-14/h1,3-4,9,13H,2,5-8H2. The van der Waals surface area contributed by atoms with Gasteiger partial charge in [-0.1, -0.05) is 6.07 Å². The quantitative estimate of drug-likeness (QED) is 0.803. The van der Waals surface area contributed by atoms with Crippen LogP contribution < -0.4 is 5.32 Å². The number of benzene rings is 1. The minimum atomic E-state index is -3.32. The lowest BCUT2D eigenvalue weighted by atomic mass is 10.4. The topological polar surface area (TPSA) is 49.4 Å². The van der Waals surface area contributed by atoms with Crippen LogP contribution in [0.15, 0.2) is 29.2 Å². The third-order valence-corrected chi connectivity index (χ3v) is 5.30. The molecule has 0 aromatic heterocycles. The van der Waals surface area contributed by atoms with Gasteiger partial charge in [0, 0.05) is 23.2 Å². The van der Waals surface area contributed by atoms with Crippen molar-refractivity contribution in [2.45, 2.75) is 11.3 Å². The van der Waals surface area contributed by atoms with Gasteiger partial charge in [0.25, 0.3) is 0 Å². The minimum absolute atomic E-state index is 0.395. The van der Waals surface area contributed by atoms with Gasteiger partial charge in [0.2, 0.25) is 10.0 Å². The molecule has 1 aliphatic rings. The largest absolute Gasteiger partial charge is 0.315 e. The van der Waals surface area contributed by atoms with Crippen molar-refractivity contribution in [3.63, 3.8) is 0 Å². The Morgan fingerprint density at radius 3 is 2.82 bits per heavy atom. The molecule has 0 spiro atoms. The zero-order valence-corrected chi connectivity index (χ0v) is 12.4. The van der Waals surface area contributed by atoms with E-state index in [-0.39, 0.29) is 0 Å². The molecule has 1 aromatic rings. The van der Waals surface area contributed by atoms with E-state index in [1.165, 1.54) is 0 Å². The van der Waals surface area contributed by atoms with E-state index in [2.05, 4.69) is 27.9 Å². The summed E-state index contributed by atoms with van der Waals surface area (Å²) in [5.41, 5.74) is 0. The fourth-order valence-corrected chi connectivity index (χ4v) is 4.12. The van der Waals surface area contributed by atoms with E-state index in [1.54, 1.807) is 22.5 Å². The molecule has 0 aliphatic carbocycles. The van der Waals surface area contributed by atoms with E-state index in [1.807, 2.05) is 6.07 Å². The van der Waals surface area contributed by atoms with Crippen LogP contribution in [0.1, 0.15) is 6.42 Å². The lowest BCUT2D eigenvalue weighted by Gasteiger charge is -2.19. The molecule has 4 nitrogen and oxygen atoms in total. The molecule has 17 heavy (non-hydrogen) atoms. The van der Waals surface area contributed by atoms with E-state index < -0.39 is 10.0 Å². The van der Waals surface area contributed by atoms with Crippen LogP contribution in [0.3, 0.4) is 0 Å². The number of halogens is 1. The van der Waals surface area contributed by atoms with Crippen LogP contribution in [0.5, 0.6) is 0 Å². The van der Waals surface area contributed by atoms with Gasteiger partial charge in [-0.15, -0.1) is 0 Å². The van der Waals surface area contributed by atoms with Crippen LogP contribution >= 0.6 is 22.6 Å². The molecule has 0 saturated carbocycles. The molecule has 0 atom stereocenters. The van der Waals surface area contributed by atoms with Crippen molar-refractivity contribution in [2.75, 3.05) is 26.2 Å². The highest BCUT2D eigenvalue weighted by molar-refractivity contribution is 14.1. The fourth-order valence-electron chi connectivity index (χ4n) is 1.84. The minimum Gasteiger partial charge on any atom is -0.315 e. The van der Waals surface area contributed by atoms with Gasteiger partial charge >= 0.3 is 0 Å². The van der Waals surface area contributed by atoms with E-state index in [0.29, 0.717) is 18.0 Å². The molecule has 1 aromatic carbocycles. The van der Waals surface area contributed by atoms with Crippen LogP contribution in [0.25, 0.3) is 0 Å². The van der Waals surface area contributed by atoms with Gasteiger partial charge in [0.05, 0.1) is 4.90 Å². The van der Waals surface area contributed by atoms with Crippen LogP contribution in [0.2, 0.25) is 0 Å². The maximum atomic E-state index is 12.4. The Hall–Kier alpha value is -0.180. The Kier molecular flexibility index (Phi) is 4.40. The van der Waals surface area contributed by atoms with E-state index in [0.717, 1.165) is 23.1 Å². The van der Waals surface area contributed by atoms with Gasteiger partial charge < -0.3 is 5.32 Å². The number of sulfonamides is 1. The highest BCUT2D eigenvalue weighted by Crippen LogP contribution is 2.18. The summed E-state index contributed by atoms with van der Waals surface area (Å²) >= 11 is 2.13. The average molecular weight is 366 g/mol. The predicted octanol–water partition coefficient (Wildman–Crippen LogP) is 1.28. The van der Waals surface area contributed by atoms with E-state index >= 15 is 0 Å². The van der Waals surface area contributed by atoms with Gasteiger partial charge in [-0.25, -0.2) is 8.42 Å². The van der Waals surface area contributed by atoms with Crippen molar-refractivity contribution in [1.29, 1.82) is 0 Å². The van der Waals surface area contributed by atoms with Crippen molar-refractivity contribution in [1.82, 2.24) is 9.62 Å². The number of nitrogens with zero attached hydrogens (tertiary/aromatic N) is 1. The Balaban J connectivity index is 2.28. The van der Waals surface area contributed by atoms with Crippen molar-refractivity contribution in [3.05, 3.63) is 27.8 Å². The zero-order valence-electron chi connectivity index (χ0n) is 9.39. The lowest BCUT2D eigenvalue weighted by Crippen LogP contribution is -2.34. The molecule has 0 bridgehead atoms. The highest BCUT2D eigenvalue weighted by atomic mass is 127. The molecule has 94 valence electrons. The molecule has 1 saturated heterocycles. The summed E-state index contributed by atoms with van der Waals surface area (Å²) < 4.78 is 27.3. The molecule has 2 rings (SSSR count). The summed E-state index contributed by atoms with van der Waals surface area (Å²) in [4.78, 5) is 0.395.